The van der Waals surface area contributed by atoms with Crippen LogP contribution in [0.15, 0.2) is 42.9 Å². The molecule has 5 heteroatoms. The third kappa shape index (κ3) is 4.40. The monoisotopic (exact) mass is 352 g/mol. The number of aromatic nitrogens is 2. The molecule has 1 saturated heterocycles. The molecule has 5 nitrogen and oxygen atoms in total. The lowest BCUT2D eigenvalue weighted by Gasteiger charge is -2.38. The number of nitrogens with zero attached hydrogens (tertiary/aromatic N) is 4. The molecule has 0 atom stereocenters. The Bertz CT molecular complexity index is 724. The molecule has 3 rings (SSSR count). The molecule has 138 valence electrons. The molecule has 0 unspecified atom stereocenters. The first kappa shape index (κ1) is 18.4. The molecular formula is C21H28N4O. The van der Waals surface area contributed by atoms with Gasteiger partial charge in [-0.1, -0.05) is 26.0 Å². The maximum absolute atomic E-state index is 12.5. The molecule has 1 aliphatic rings. The molecule has 1 aliphatic heterocycles. The summed E-state index contributed by atoms with van der Waals surface area (Å²) in [6.07, 6.45) is 7.23. The van der Waals surface area contributed by atoms with E-state index >= 15 is 0 Å². The fraction of sp³-hybridized carbons (Fsp3) is 0.476. The van der Waals surface area contributed by atoms with Crippen molar-refractivity contribution in [1.29, 1.82) is 0 Å². The minimum atomic E-state index is 0.116. The number of anilines is 1. The molecule has 26 heavy (non-hydrogen) atoms. The van der Waals surface area contributed by atoms with Gasteiger partial charge >= 0.3 is 0 Å². The molecule has 1 aromatic carbocycles. The van der Waals surface area contributed by atoms with Gasteiger partial charge in [-0.05, 0) is 36.5 Å². The number of carbonyl (C=O) groups is 1. The summed E-state index contributed by atoms with van der Waals surface area (Å²) in [5.74, 6) is 0.656. The first-order chi connectivity index (χ1) is 12.5. The summed E-state index contributed by atoms with van der Waals surface area (Å²) in [4.78, 5) is 25.1. The van der Waals surface area contributed by atoms with Crippen molar-refractivity contribution in [2.45, 2.75) is 45.1 Å². The van der Waals surface area contributed by atoms with Crippen molar-refractivity contribution in [3.63, 3.8) is 0 Å². The van der Waals surface area contributed by atoms with Crippen molar-refractivity contribution < 1.29 is 4.79 Å². The normalized spacial score (nSPS) is 15.3. The van der Waals surface area contributed by atoms with E-state index in [-0.39, 0.29) is 5.91 Å². The fourth-order valence-corrected chi connectivity index (χ4v) is 3.50. The Kier molecular flexibility index (Phi) is 5.86. The van der Waals surface area contributed by atoms with Gasteiger partial charge in [0.1, 0.15) is 0 Å². The molecule has 0 saturated carbocycles. The van der Waals surface area contributed by atoms with Gasteiger partial charge < -0.3 is 9.80 Å². The van der Waals surface area contributed by atoms with Gasteiger partial charge in [0.25, 0.3) is 0 Å². The maximum Gasteiger partial charge on any atom is 0.228 e. The summed E-state index contributed by atoms with van der Waals surface area (Å²) in [5.41, 5.74) is 3.40. The Morgan fingerprint density at radius 2 is 2.04 bits per heavy atom. The average Bonchev–Trinajstić information content (AvgIpc) is 2.68. The first-order valence-corrected chi connectivity index (χ1v) is 9.40. The number of likely N-dealkylation sites (N-methyl/N-ethyl adjacent to an activating group) is 1. The molecule has 1 amide bonds. The zero-order chi connectivity index (χ0) is 18.5. The van der Waals surface area contributed by atoms with Gasteiger partial charge in [-0.3, -0.25) is 14.8 Å². The van der Waals surface area contributed by atoms with Gasteiger partial charge in [-0.2, -0.15) is 0 Å². The van der Waals surface area contributed by atoms with E-state index in [1.54, 1.807) is 18.6 Å². The molecule has 0 N–H and O–H groups in total. The van der Waals surface area contributed by atoms with Gasteiger partial charge in [-0.15, -0.1) is 0 Å². The van der Waals surface area contributed by atoms with Crippen molar-refractivity contribution in [2.24, 2.45) is 0 Å². The van der Waals surface area contributed by atoms with E-state index in [0.717, 1.165) is 31.6 Å². The third-order valence-corrected chi connectivity index (χ3v) is 5.26. The summed E-state index contributed by atoms with van der Waals surface area (Å²) in [6, 6.07) is 9.12. The summed E-state index contributed by atoms with van der Waals surface area (Å²) in [5, 5.41) is 0. The molecule has 1 aromatic heterocycles. The van der Waals surface area contributed by atoms with Crippen LogP contribution in [0, 0.1) is 0 Å². The number of rotatable bonds is 5. The highest BCUT2D eigenvalue weighted by Gasteiger charge is 2.25. The second-order valence-corrected chi connectivity index (χ2v) is 7.35. The molecule has 0 spiro atoms. The van der Waals surface area contributed by atoms with E-state index in [1.165, 1.54) is 11.3 Å². The van der Waals surface area contributed by atoms with Crippen LogP contribution in [-0.4, -0.2) is 47.0 Å². The Hall–Kier alpha value is -2.43. The highest BCUT2D eigenvalue weighted by atomic mass is 16.2. The standard InChI is InChI=1S/C21H28N4O/c1-16(2)17-5-4-6-20(13-17)25-11-7-19(8-12-25)24(3)21(26)14-18-15-22-9-10-23-18/h4-6,9-10,13,15-16,19H,7-8,11-12,14H2,1-3H3. The molecule has 0 aliphatic carbocycles. The van der Waals surface area contributed by atoms with Crippen molar-refractivity contribution in [3.8, 4) is 0 Å². The number of carbonyl (C=O) groups excluding carboxylic acids is 1. The second-order valence-electron chi connectivity index (χ2n) is 7.35. The van der Waals surface area contributed by atoms with Crippen molar-refractivity contribution >= 4 is 11.6 Å². The van der Waals surface area contributed by atoms with Crippen LogP contribution in [0.1, 0.15) is 43.9 Å². The zero-order valence-electron chi connectivity index (χ0n) is 15.9. The summed E-state index contributed by atoms with van der Waals surface area (Å²) < 4.78 is 0. The average molecular weight is 352 g/mol. The molecule has 0 radical (unpaired) electrons. The van der Waals surface area contributed by atoms with Gasteiger partial charge in [0.2, 0.25) is 5.91 Å². The van der Waals surface area contributed by atoms with Gasteiger partial charge in [0.15, 0.2) is 0 Å². The molecule has 2 aromatic rings. The summed E-state index contributed by atoms with van der Waals surface area (Å²) in [6.45, 7) is 6.41. The SMILES string of the molecule is CC(C)c1cccc(N2CCC(N(C)C(=O)Cc3cnccn3)CC2)c1. The van der Waals surface area contributed by atoms with E-state index in [4.69, 9.17) is 0 Å². The molecule has 1 fully saturated rings. The zero-order valence-corrected chi connectivity index (χ0v) is 15.9. The largest absolute Gasteiger partial charge is 0.371 e. The minimum absolute atomic E-state index is 0.116. The summed E-state index contributed by atoms with van der Waals surface area (Å²) >= 11 is 0. The highest BCUT2D eigenvalue weighted by molar-refractivity contribution is 5.78. The van der Waals surface area contributed by atoms with Crippen LogP contribution in [0.2, 0.25) is 0 Å². The Balaban J connectivity index is 1.56. The second kappa shape index (κ2) is 8.30. The van der Waals surface area contributed by atoms with Gasteiger partial charge in [0, 0.05) is 50.5 Å². The van der Waals surface area contributed by atoms with Crippen molar-refractivity contribution in [2.75, 3.05) is 25.0 Å². The summed E-state index contributed by atoms with van der Waals surface area (Å²) in [7, 11) is 1.92. The predicted octanol–water partition coefficient (Wildman–Crippen LogP) is 3.27. The lowest BCUT2D eigenvalue weighted by molar-refractivity contribution is -0.131. The number of piperidine rings is 1. The van der Waals surface area contributed by atoms with E-state index < -0.39 is 0 Å². The van der Waals surface area contributed by atoms with Gasteiger partial charge in [0.05, 0.1) is 12.1 Å². The van der Waals surface area contributed by atoms with Crippen LogP contribution in [0.5, 0.6) is 0 Å². The number of benzene rings is 1. The molecular weight excluding hydrogens is 324 g/mol. The van der Waals surface area contributed by atoms with Crippen LogP contribution < -0.4 is 4.90 Å². The van der Waals surface area contributed by atoms with Crippen LogP contribution in [0.25, 0.3) is 0 Å². The van der Waals surface area contributed by atoms with E-state index in [0.29, 0.717) is 18.4 Å². The Labute approximate surface area is 156 Å². The van der Waals surface area contributed by atoms with E-state index in [1.807, 2.05) is 11.9 Å². The predicted molar refractivity (Wildman–Crippen MR) is 104 cm³/mol. The van der Waals surface area contributed by atoms with Crippen molar-refractivity contribution in [3.05, 3.63) is 54.1 Å². The highest BCUT2D eigenvalue weighted by Crippen LogP contribution is 2.25. The van der Waals surface area contributed by atoms with Crippen LogP contribution in [0.3, 0.4) is 0 Å². The lowest BCUT2D eigenvalue weighted by Crippen LogP contribution is -2.46. The number of hydrogen-bond donors (Lipinski definition) is 0. The Morgan fingerprint density at radius 1 is 1.27 bits per heavy atom. The first-order valence-electron chi connectivity index (χ1n) is 9.40. The van der Waals surface area contributed by atoms with Crippen molar-refractivity contribution in [1.82, 2.24) is 14.9 Å². The lowest BCUT2D eigenvalue weighted by atomic mass is 10.00. The number of amides is 1. The van der Waals surface area contributed by atoms with E-state index in [2.05, 4.69) is 53.0 Å². The number of hydrogen-bond acceptors (Lipinski definition) is 4. The third-order valence-electron chi connectivity index (χ3n) is 5.26. The van der Waals surface area contributed by atoms with Crippen LogP contribution >= 0.6 is 0 Å². The van der Waals surface area contributed by atoms with Crippen LogP contribution in [-0.2, 0) is 11.2 Å². The molecule has 0 bridgehead atoms. The van der Waals surface area contributed by atoms with E-state index in [9.17, 15) is 4.79 Å². The minimum Gasteiger partial charge on any atom is -0.371 e. The quantitative estimate of drug-likeness (QED) is 0.829. The molecule has 2 heterocycles. The smallest absolute Gasteiger partial charge is 0.228 e. The van der Waals surface area contributed by atoms with Gasteiger partial charge in [-0.25, -0.2) is 0 Å². The maximum atomic E-state index is 12.5. The Morgan fingerprint density at radius 3 is 2.69 bits per heavy atom. The fourth-order valence-electron chi connectivity index (χ4n) is 3.50. The topological polar surface area (TPSA) is 49.3 Å². The van der Waals surface area contributed by atoms with Crippen LogP contribution in [0.4, 0.5) is 5.69 Å².